The maximum atomic E-state index is 6.57. The van der Waals surface area contributed by atoms with Gasteiger partial charge in [0.05, 0.1) is 0 Å². The molecule has 0 aliphatic carbocycles. The third-order valence-electron chi connectivity index (χ3n) is 10.6. The van der Waals surface area contributed by atoms with Crippen molar-refractivity contribution in [2.75, 3.05) is 0 Å². The standard InChI is InChI=1S/C51H31N3OS/c1-4-12-32(13-5-1)34-22-24-35(25-23-34)37-26-28-39-44(30-37)55-43-20-10-18-41(47(39)43)50-52-49(36-16-8-3-9-17-36)53-51(54-50)42-19-11-21-45-48(42)40-29-27-38(31-46(40)56-45)33-14-6-2-7-15-33/h1-31H. The monoisotopic (exact) mass is 733 g/mol. The maximum absolute atomic E-state index is 6.57. The second-order valence-corrected chi connectivity index (χ2v) is 15.0. The molecule has 3 heterocycles. The average Bonchev–Trinajstić information content (AvgIpc) is 3.85. The lowest BCUT2D eigenvalue weighted by Crippen LogP contribution is -2.00. The minimum Gasteiger partial charge on any atom is -0.456 e. The van der Waals surface area contributed by atoms with Crippen molar-refractivity contribution < 1.29 is 4.42 Å². The molecule has 0 fully saturated rings. The van der Waals surface area contributed by atoms with E-state index in [0.717, 1.165) is 55.1 Å². The van der Waals surface area contributed by atoms with Crippen LogP contribution in [0.15, 0.2) is 192 Å². The van der Waals surface area contributed by atoms with E-state index in [0.29, 0.717) is 17.5 Å². The molecule has 0 spiro atoms. The third-order valence-corrected chi connectivity index (χ3v) is 11.7. The van der Waals surface area contributed by atoms with E-state index in [9.17, 15) is 0 Å². The minimum atomic E-state index is 0.602. The molecule has 0 saturated heterocycles. The first-order valence-corrected chi connectivity index (χ1v) is 19.5. The molecule has 0 aliphatic heterocycles. The molecule has 11 aromatic rings. The summed E-state index contributed by atoms with van der Waals surface area (Å²) in [5, 5.41) is 4.34. The molecule has 0 N–H and O–H groups in total. The molecule has 0 aliphatic rings. The fourth-order valence-corrected chi connectivity index (χ4v) is 9.00. The molecule has 0 saturated carbocycles. The van der Waals surface area contributed by atoms with Gasteiger partial charge in [0.15, 0.2) is 17.5 Å². The summed E-state index contributed by atoms with van der Waals surface area (Å²) in [6.07, 6.45) is 0. The highest BCUT2D eigenvalue weighted by atomic mass is 32.1. The lowest BCUT2D eigenvalue weighted by atomic mass is 9.99. The van der Waals surface area contributed by atoms with Gasteiger partial charge in [0.1, 0.15) is 11.2 Å². The van der Waals surface area contributed by atoms with Crippen LogP contribution in [0, 0.1) is 0 Å². The Labute approximate surface area is 327 Å². The van der Waals surface area contributed by atoms with Crippen LogP contribution in [0.1, 0.15) is 0 Å². The molecule has 11 rings (SSSR count). The van der Waals surface area contributed by atoms with Crippen LogP contribution in [-0.4, -0.2) is 15.0 Å². The highest BCUT2D eigenvalue weighted by Crippen LogP contribution is 2.42. The zero-order valence-electron chi connectivity index (χ0n) is 30.1. The largest absolute Gasteiger partial charge is 0.456 e. The number of rotatable bonds is 6. The van der Waals surface area contributed by atoms with Crippen LogP contribution in [-0.2, 0) is 0 Å². The quantitative estimate of drug-likeness (QED) is 0.171. The van der Waals surface area contributed by atoms with E-state index >= 15 is 0 Å². The van der Waals surface area contributed by atoms with Crippen molar-refractivity contribution >= 4 is 53.4 Å². The SMILES string of the molecule is c1ccc(-c2ccc(-c3ccc4c(c3)oc3cccc(-c5nc(-c6ccccc6)nc(-c6cccc7sc8cc(-c9ccccc9)ccc8c67)n5)c34)cc2)cc1. The summed E-state index contributed by atoms with van der Waals surface area (Å²) < 4.78 is 8.99. The first-order valence-electron chi connectivity index (χ1n) is 18.7. The van der Waals surface area contributed by atoms with Crippen molar-refractivity contribution in [1.29, 1.82) is 0 Å². The number of hydrogen-bond donors (Lipinski definition) is 0. The summed E-state index contributed by atoms with van der Waals surface area (Å²) in [4.78, 5) is 15.6. The van der Waals surface area contributed by atoms with Gasteiger partial charge in [0, 0.05) is 47.6 Å². The van der Waals surface area contributed by atoms with Crippen molar-refractivity contribution in [1.82, 2.24) is 15.0 Å². The van der Waals surface area contributed by atoms with E-state index in [4.69, 9.17) is 19.4 Å². The Bertz CT molecular complexity index is 3230. The normalized spacial score (nSPS) is 11.6. The molecule has 0 atom stereocenters. The smallest absolute Gasteiger partial charge is 0.164 e. The van der Waals surface area contributed by atoms with Gasteiger partial charge in [0.25, 0.3) is 0 Å². The molecule has 3 aromatic heterocycles. The molecule has 0 radical (unpaired) electrons. The second-order valence-electron chi connectivity index (χ2n) is 14.0. The highest BCUT2D eigenvalue weighted by molar-refractivity contribution is 7.26. The molecule has 8 aromatic carbocycles. The summed E-state index contributed by atoms with van der Waals surface area (Å²) in [7, 11) is 0. The van der Waals surface area contributed by atoms with Crippen LogP contribution in [0.5, 0.6) is 0 Å². The molecule has 56 heavy (non-hydrogen) atoms. The first-order chi connectivity index (χ1) is 27.7. The zero-order valence-corrected chi connectivity index (χ0v) is 30.9. The highest BCUT2D eigenvalue weighted by Gasteiger charge is 2.20. The van der Waals surface area contributed by atoms with Crippen LogP contribution in [0.2, 0.25) is 0 Å². The number of hydrogen-bond acceptors (Lipinski definition) is 5. The molecule has 4 nitrogen and oxygen atoms in total. The summed E-state index contributed by atoms with van der Waals surface area (Å²) in [5.41, 5.74) is 11.4. The van der Waals surface area contributed by atoms with Crippen molar-refractivity contribution in [3.05, 3.63) is 188 Å². The van der Waals surface area contributed by atoms with Crippen LogP contribution in [0.4, 0.5) is 0 Å². The van der Waals surface area contributed by atoms with Gasteiger partial charge in [-0.2, -0.15) is 0 Å². The second kappa shape index (κ2) is 13.3. The number of nitrogens with zero attached hydrogens (tertiary/aromatic N) is 3. The molecule has 262 valence electrons. The average molecular weight is 734 g/mol. The van der Waals surface area contributed by atoms with E-state index in [1.165, 1.54) is 37.0 Å². The molecule has 0 unspecified atom stereocenters. The number of aromatic nitrogens is 3. The van der Waals surface area contributed by atoms with Crippen LogP contribution in [0.25, 0.3) is 110 Å². The van der Waals surface area contributed by atoms with Crippen molar-refractivity contribution in [2.45, 2.75) is 0 Å². The van der Waals surface area contributed by atoms with Crippen LogP contribution >= 0.6 is 11.3 Å². The molecule has 0 bridgehead atoms. The topological polar surface area (TPSA) is 51.8 Å². The van der Waals surface area contributed by atoms with Crippen molar-refractivity contribution in [3.63, 3.8) is 0 Å². The Morgan fingerprint density at radius 2 is 0.821 bits per heavy atom. The molecule has 5 heteroatoms. The van der Waals surface area contributed by atoms with Crippen LogP contribution < -0.4 is 0 Å². The van der Waals surface area contributed by atoms with E-state index in [1.807, 2.05) is 36.4 Å². The van der Waals surface area contributed by atoms with E-state index < -0.39 is 0 Å². The maximum Gasteiger partial charge on any atom is 0.164 e. The number of thiophene rings is 1. The number of fused-ring (bicyclic) bond motifs is 6. The summed E-state index contributed by atoms with van der Waals surface area (Å²) in [5.74, 6) is 1.86. The Kier molecular flexibility index (Phi) is 7.64. The Morgan fingerprint density at radius 1 is 0.321 bits per heavy atom. The van der Waals surface area contributed by atoms with Gasteiger partial charge in [-0.15, -0.1) is 11.3 Å². The lowest BCUT2D eigenvalue weighted by Gasteiger charge is -2.10. The van der Waals surface area contributed by atoms with Gasteiger partial charge in [-0.1, -0.05) is 158 Å². The third kappa shape index (κ3) is 5.56. The van der Waals surface area contributed by atoms with Crippen molar-refractivity contribution in [2.24, 2.45) is 0 Å². The van der Waals surface area contributed by atoms with Crippen molar-refractivity contribution in [3.8, 4) is 67.5 Å². The molecular formula is C51H31N3OS. The molecular weight excluding hydrogens is 703 g/mol. The van der Waals surface area contributed by atoms with Gasteiger partial charge in [0.2, 0.25) is 0 Å². The zero-order chi connectivity index (χ0) is 37.0. The predicted octanol–water partition coefficient (Wildman–Crippen LogP) is 14.1. The fourth-order valence-electron chi connectivity index (χ4n) is 7.83. The molecule has 0 amide bonds. The number of furan rings is 1. The predicted molar refractivity (Wildman–Crippen MR) is 233 cm³/mol. The Balaban J connectivity index is 1.06. The Hall–Kier alpha value is -7.21. The summed E-state index contributed by atoms with van der Waals surface area (Å²) >= 11 is 1.80. The van der Waals surface area contributed by atoms with Gasteiger partial charge in [-0.25, -0.2) is 15.0 Å². The van der Waals surface area contributed by atoms with E-state index in [-0.39, 0.29) is 0 Å². The fraction of sp³-hybridized carbons (Fsp3) is 0. The van der Waals surface area contributed by atoms with Crippen LogP contribution in [0.3, 0.4) is 0 Å². The lowest BCUT2D eigenvalue weighted by molar-refractivity contribution is 0.669. The van der Waals surface area contributed by atoms with E-state index in [1.54, 1.807) is 11.3 Å². The minimum absolute atomic E-state index is 0.602. The van der Waals surface area contributed by atoms with Gasteiger partial charge >= 0.3 is 0 Å². The number of benzene rings is 8. The van der Waals surface area contributed by atoms with Gasteiger partial charge < -0.3 is 4.42 Å². The first kappa shape index (κ1) is 32.2. The Morgan fingerprint density at radius 3 is 1.50 bits per heavy atom. The van der Waals surface area contributed by atoms with Gasteiger partial charge in [-0.05, 0) is 63.7 Å². The van der Waals surface area contributed by atoms with E-state index in [2.05, 4.69) is 152 Å². The summed E-state index contributed by atoms with van der Waals surface area (Å²) in [6, 6.07) is 65.6. The summed E-state index contributed by atoms with van der Waals surface area (Å²) in [6.45, 7) is 0. The van der Waals surface area contributed by atoms with Gasteiger partial charge in [-0.3, -0.25) is 0 Å².